The molecule has 1 saturated heterocycles. The third kappa shape index (κ3) is 6.13. The highest BCUT2D eigenvalue weighted by Crippen LogP contribution is 2.20. The molecule has 2 amide bonds. The fourth-order valence-electron chi connectivity index (χ4n) is 3.29. The van der Waals surface area contributed by atoms with E-state index < -0.39 is 15.9 Å². The quantitative estimate of drug-likeness (QED) is 0.682. The molecular formula is C21H28N4O5S. The van der Waals surface area contributed by atoms with E-state index in [1.54, 1.807) is 6.92 Å². The van der Waals surface area contributed by atoms with Crippen LogP contribution in [-0.4, -0.2) is 65.9 Å². The number of nitrogens with one attached hydrogen (secondary N) is 1. The Balaban J connectivity index is 1.48. The number of nitrogens with zero attached hydrogens (tertiary/aromatic N) is 3. The van der Waals surface area contributed by atoms with Crippen molar-refractivity contribution < 1.29 is 22.5 Å². The lowest BCUT2D eigenvalue weighted by Gasteiger charge is -2.29. The summed E-state index contributed by atoms with van der Waals surface area (Å²) in [7, 11) is -3.07. The lowest BCUT2D eigenvalue weighted by atomic mass is 10.0. The standard InChI is InChI=1S/C21H28N4O5S/c1-14(2)16-4-6-17(7-5-16)20-23-19(30-24-20)9-8-18(26)22-15(3)21(27)25-10-12-31(28,29)13-11-25/h4-7,14-15H,8-13H2,1-3H3,(H,22,26). The van der Waals surface area contributed by atoms with Gasteiger partial charge >= 0.3 is 0 Å². The van der Waals surface area contributed by atoms with Crippen molar-refractivity contribution in [2.45, 2.75) is 45.6 Å². The minimum absolute atomic E-state index is 0.0426. The molecule has 0 bridgehead atoms. The van der Waals surface area contributed by atoms with Crippen molar-refractivity contribution in [1.82, 2.24) is 20.4 Å². The highest BCUT2D eigenvalue weighted by atomic mass is 32.2. The predicted octanol–water partition coefficient (Wildman–Crippen LogP) is 1.55. The second-order valence-electron chi connectivity index (χ2n) is 8.05. The van der Waals surface area contributed by atoms with Crippen LogP contribution >= 0.6 is 0 Å². The highest BCUT2D eigenvalue weighted by molar-refractivity contribution is 7.91. The van der Waals surface area contributed by atoms with E-state index in [-0.39, 0.29) is 49.3 Å². The van der Waals surface area contributed by atoms with Gasteiger partial charge in [-0.1, -0.05) is 43.3 Å². The molecule has 1 atom stereocenters. The van der Waals surface area contributed by atoms with Crippen LogP contribution in [0.5, 0.6) is 0 Å². The molecule has 31 heavy (non-hydrogen) atoms. The Bertz CT molecular complexity index is 1020. The summed E-state index contributed by atoms with van der Waals surface area (Å²) in [4.78, 5) is 30.5. The first-order valence-corrected chi connectivity index (χ1v) is 12.2. The molecule has 1 aliphatic rings. The van der Waals surface area contributed by atoms with E-state index in [0.717, 1.165) is 5.56 Å². The van der Waals surface area contributed by atoms with Gasteiger partial charge in [0.15, 0.2) is 9.84 Å². The van der Waals surface area contributed by atoms with Gasteiger partial charge < -0.3 is 14.7 Å². The van der Waals surface area contributed by atoms with Crippen LogP contribution in [0.4, 0.5) is 0 Å². The first kappa shape index (κ1) is 22.9. The van der Waals surface area contributed by atoms with Gasteiger partial charge in [-0.25, -0.2) is 8.42 Å². The average molecular weight is 449 g/mol. The normalized spacial score (nSPS) is 16.8. The van der Waals surface area contributed by atoms with Crippen molar-refractivity contribution in [2.75, 3.05) is 24.6 Å². The third-order valence-corrected chi connectivity index (χ3v) is 6.88. The van der Waals surface area contributed by atoms with Crippen molar-refractivity contribution in [3.63, 3.8) is 0 Å². The largest absolute Gasteiger partial charge is 0.345 e. The minimum atomic E-state index is -3.07. The highest BCUT2D eigenvalue weighted by Gasteiger charge is 2.28. The van der Waals surface area contributed by atoms with Crippen molar-refractivity contribution in [3.8, 4) is 11.4 Å². The predicted molar refractivity (Wildman–Crippen MR) is 115 cm³/mol. The zero-order valence-electron chi connectivity index (χ0n) is 18.0. The molecule has 0 saturated carbocycles. The monoisotopic (exact) mass is 448 g/mol. The number of hydrogen-bond acceptors (Lipinski definition) is 7. The Kier molecular flexibility index (Phi) is 7.09. The maximum absolute atomic E-state index is 12.4. The van der Waals surface area contributed by atoms with Crippen LogP contribution in [-0.2, 0) is 25.8 Å². The van der Waals surface area contributed by atoms with Gasteiger partial charge in [0.1, 0.15) is 6.04 Å². The molecule has 1 fully saturated rings. The summed E-state index contributed by atoms with van der Waals surface area (Å²) in [6.45, 7) is 6.15. The Labute approximate surface area is 182 Å². The van der Waals surface area contributed by atoms with E-state index in [0.29, 0.717) is 17.6 Å². The van der Waals surface area contributed by atoms with Gasteiger partial charge in [0, 0.05) is 31.5 Å². The maximum atomic E-state index is 12.4. The van der Waals surface area contributed by atoms with Gasteiger partial charge in [-0.05, 0) is 18.4 Å². The van der Waals surface area contributed by atoms with Crippen molar-refractivity contribution >= 4 is 21.7 Å². The van der Waals surface area contributed by atoms with Crippen LogP contribution in [0.25, 0.3) is 11.4 Å². The molecule has 2 heterocycles. The maximum Gasteiger partial charge on any atom is 0.244 e. The van der Waals surface area contributed by atoms with Crippen molar-refractivity contribution in [1.29, 1.82) is 0 Å². The topological polar surface area (TPSA) is 122 Å². The Morgan fingerprint density at radius 1 is 1.13 bits per heavy atom. The fraction of sp³-hybridized carbons (Fsp3) is 0.524. The summed E-state index contributed by atoms with van der Waals surface area (Å²) >= 11 is 0. The molecular weight excluding hydrogens is 420 g/mol. The molecule has 1 aromatic carbocycles. The Morgan fingerprint density at radius 3 is 2.39 bits per heavy atom. The average Bonchev–Trinajstić information content (AvgIpc) is 3.21. The summed E-state index contributed by atoms with van der Waals surface area (Å²) in [6.07, 6.45) is 0.353. The summed E-state index contributed by atoms with van der Waals surface area (Å²) in [6, 6.07) is 7.20. The molecule has 9 nitrogen and oxygen atoms in total. The molecule has 0 aliphatic carbocycles. The molecule has 1 unspecified atom stereocenters. The zero-order valence-corrected chi connectivity index (χ0v) is 18.8. The third-order valence-electron chi connectivity index (χ3n) is 5.27. The zero-order chi connectivity index (χ0) is 22.6. The van der Waals surface area contributed by atoms with E-state index in [1.165, 1.54) is 10.5 Å². The lowest BCUT2D eigenvalue weighted by Crippen LogP contribution is -2.51. The Hall–Kier alpha value is -2.75. The molecule has 10 heteroatoms. The van der Waals surface area contributed by atoms with Gasteiger partial charge in [0.05, 0.1) is 11.5 Å². The van der Waals surface area contributed by atoms with Crippen molar-refractivity contribution in [2.24, 2.45) is 0 Å². The van der Waals surface area contributed by atoms with Gasteiger partial charge in [-0.3, -0.25) is 9.59 Å². The van der Waals surface area contributed by atoms with E-state index in [1.807, 2.05) is 24.3 Å². The number of benzene rings is 1. The summed E-state index contributed by atoms with van der Waals surface area (Å²) < 4.78 is 28.2. The van der Waals surface area contributed by atoms with Crippen LogP contribution < -0.4 is 5.32 Å². The fourth-order valence-corrected chi connectivity index (χ4v) is 4.49. The molecule has 1 aliphatic heterocycles. The molecule has 1 N–H and O–H groups in total. The number of amides is 2. The summed E-state index contributed by atoms with van der Waals surface area (Å²) in [5, 5.41) is 6.63. The molecule has 2 aromatic rings. The van der Waals surface area contributed by atoms with Gasteiger partial charge in [-0.2, -0.15) is 4.98 Å². The van der Waals surface area contributed by atoms with E-state index >= 15 is 0 Å². The number of aryl methyl sites for hydroxylation is 1. The van der Waals surface area contributed by atoms with Gasteiger partial charge in [0.2, 0.25) is 23.5 Å². The van der Waals surface area contributed by atoms with Crippen LogP contribution in [0.15, 0.2) is 28.8 Å². The number of carbonyl (C=O) groups excluding carboxylic acids is 2. The number of hydrogen-bond donors (Lipinski definition) is 1. The van der Waals surface area contributed by atoms with E-state index in [2.05, 4.69) is 29.3 Å². The molecule has 0 radical (unpaired) electrons. The van der Waals surface area contributed by atoms with Crippen LogP contribution in [0.1, 0.15) is 44.6 Å². The first-order chi connectivity index (χ1) is 14.6. The minimum Gasteiger partial charge on any atom is -0.345 e. The SMILES string of the molecule is CC(NC(=O)CCc1nc(-c2ccc(C(C)C)cc2)no1)C(=O)N1CCS(=O)(=O)CC1. The van der Waals surface area contributed by atoms with Crippen LogP contribution in [0, 0.1) is 0 Å². The van der Waals surface area contributed by atoms with E-state index in [9.17, 15) is 18.0 Å². The van der Waals surface area contributed by atoms with Gasteiger partial charge in [0.25, 0.3) is 0 Å². The number of sulfone groups is 1. The first-order valence-electron chi connectivity index (χ1n) is 10.4. The van der Waals surface area contributed by atoms with Crippen molar-refractivity contribution in [3.05, 3.63) is 35.7 Å². The van der Waals surface area contributed by atoms with Crippen LogP contribution in [0.2, 0.25) is 0 Å². The van der Waals surface area contributed by atoms with Gasteiger partial charge in [-0.15, -0.1) is 0 Å². The molecule has 1 aromatic heterocycles. The Morgan fingerprint density at radius 2 is 1.77 bits per heavy atom. The molecule has 3 rings (SSSR count). The smallest absolute Gasteiger partial charge is 0.244 e. The summed E-state index contributed by atoms with van der Waals surface area (Å²) in [5.41, 5.74) is 2.06. The lowest BCUT2D eigenvalue weighted by molar-refractivity contribution is -0.135. The molecule has 0 spiro atoms. The second kappa shape index (κ2) is 9.59. The second-order valence-corrected chi connectivity index (χ2v) is 10.4. The van der Waals surface area contributed by atoms with E-state index in [4.69, 9.17) is 4.52 Å². The van der Waals surface area contributed by atoms with Crippen LogP contribution in [0.3, 0.4) is 0 Å². The number of rotatable bonds is 7. The number of carbonyl (C=O) groups is 2. The summed E-state index contributed by atoms with van der Waals surface area (Å²) in [5.74, 6) is 0.566. The number of aromatic nitrogens is 2. The molecule has 168 valence electrons.